The topological polar surface area (TPSA) is 95.6 Å². The maximum atomic E-state index is 12.0. The lowest BCUT2D eigenvalue weighted by Gasteiger charge is -2.32. The van der Waals surface area contributed by atoms with Crippen LogP contribution in [-0.4, -0.2) is 50.8 Å². The van der Waals surface area contributed by atoms with Crippen LogP contribution in [0, 0.1) is 0 Å². The van der Waals surface area contributed by atoms with Crippen molar-refractivity contribution >= 4 is 33.2 Å². The van der Waals surface area contributed by atoms with Crippen molar-refractivity contribution < 1.29 is 18.0 Å². The first kappa shape index (κ1) is 15.9. The predicted octanol–water partition coefficient (Wildman–Crippen LogP) is -0.237. The number of nitrogens with one attached hydrogen (secondary N) is 2. The van der Waals surface area contributed by atoms with Gasteiger partial charge in [-0.2, -0.15) is 0 Å². The molecule has 2 rings (SSSR count). The van der Waals surface area contributed by atoms with E-state index in [0.29, 0.717) is 13.1 Å². The zero-order valence-corrected chi connectivity index (χ0v) is 13.2. The normalized spacial score (nSPS) is 19.4. The van der Waals surface area contributed by atoms with Crippen LogP contribution in [0.25, 0.3) is 0 Å². The molecule has 1 fully saturated rings. The molecule has 2 heterocycles. The number of carbonyl (C=O) groups is 2. The molecule has 1 saturated heterocycles. The van der Waals surface area contributed by atoms with E-state index >= 15 is 0 Å². The molecule has 1 aromatic rings. The average Bonchev–Trinajstić information content (AvgIpc) is 2.96. The van der Waals surface area contributed by atoms with Crippen molar-refractivity contribution in [3.05, 3.63) is 17.5 Å². The number of amides is 2. The smallest absolute Gasteiger partial charge is 0.250 e. The molecule has 1 atom stereocenters. The molecule has 0 aliphatic carbocycles. The summed E-state index contributed by atoms with van der Waals surface area (Å²) in [6, 6.07) is 2.64. The number of thiophene rings is 1. The third-order valence-electron chi connectivity index (χ3n) is 3.21. The Bertz CT molecular complexity index is 612. The minimum atomic E-state index is -3.55. The second-order valence-electron chi connectivity index (χ2n) is 4.63. The van der Waals surface area contributed by atoms with Gasteiger partial charge >= 0.3 is 0 Å². The predicted molar refractivity (Wildman–Crippen MR) is 78.3 cm³/mol. The molecular weight excluding hydrogens is 314 g/mol. The van der Waals surface area contributed by atoms with E-state index in [1.807, 2.05) is 0 Å². The van der Waals surface area contributed by atoms with Gasteiger partial charge in [0, 0.05) is 26.1 Å². The summed E-state index contributed by atoms with van der Waals surface area (Å²) in [4.78, 5) is 25.0. The Balaban J connectivity index is 1.86. The van der Waals surface area contributed by atoms with E-state index in [1.54, 1.807) is 18.4 Å². The summed E-state index contributed by atoms with van der Waals surface area (Å²) in [5.41, 5.74) is 0. The Morgan fingerprint density at radius 3 is 3.00 bits per heavy atom. The van der Waals surface area contributed by atoms with Gasteiger partial charge in [0.1, 0.15) is 10.3 Å². The maximum Gasteiger partial charge on any atom is 0.250 e. The number of nitrogens with zero attached hydrogens (tertiary/aromatic N) is 1. The van der Waals surface area contributed by atoms with Crippen molar-refractivity contribution in [3.8, 4) is 0 Å². The summed E-state index contributed by atoms with van der Waals surface area (Å²) in [6.07, 6.45) is 0.0300. The Hall–Kier alpha value is -1.45. The lowest BCUT2D eigenvalue weighted by Crippen LogP contribution is -2.56. The Labute approximate surface area is 127 Å². The van der Waals surface area contributed by atoms with Crippen LogP contribution in [0.5, 0.6) is 0 Å². The molecular formula is C12H17N3O4S2. The fraction of sp³-hybridized carbons (Fsp3) is 0.500. The Morgan fingerprint density at radius 1 is 1.57 bits per heavy atom. The number of piperazine rings is 1. The summed E-state index contributed by atoms with van der Waals surface area (Å²) in [5.74, 6) is -0.417. The molecule has 2 N–H and O–H groups in total. The van der Waals surface area contributed by atoms with E-state index in [9.17, 15) is 18.0 Å². The first-order valence-corrected chi connectivity index (χ1v) is 8.88. The maximum absolute atomic E-state index is 12.0. The van der Waals surface area contributed by atoms with Gasteiger partial charge in [0.15, 0.2) is 0 Å². The summed E-state index contributed by atoms with van der Waals surface area (Å²) in [7, 11) is -3.55. The molecule has 1 unspecified atom stereocenters. The second-order valence-corrected chi connectivity index (χ2v) is 7.58. The molecule has 2 amide bonds. The molecule has 0 radical (unpaired) electrons. The highest BCUT2D eigenvalue weighted by Crippen LogP contribution is 2.15. The van der Waals surface area contributed by atoms with Crippen LogP contribution in [-0.2, 0) is 19.6 Å². The molecule has 21 heavy (non-hydrogen) atoms. The standard InChI is InChI=1S/C12H17N3O4S2/c1-9-12(17)13-6-7-15(9)10(16)4-5-14-21(18,19)11-3-2-8-20-11/h2-3,8-9,14H,4-7H2,1H3,(H,13,17). The van der Waals surface area contributed by atoms with Crippen molar-refractivity contribution in [2.45, 2.75) is 23.6 Å². The number of hydrogen-bond acceptors (Lipinski definition) is 5. The van der Waals surface area contributed by atoms with E-state index in [1.165, 1.54) is 11.0 Å². The van der Waals surface area contributed by atoms with E-state index in [4.69, 9.17) is 0 Å². The zero-order chi connectivity index (χ0) is 15.5. The quantitative estimate of drug-likeness (QED) is 0.779. The summed E-state index contributed by atoms with van der Waals surface area (Å²) in [6.45, 7) is 2.55. The molecule has 116 valence electrons. The number of sulfonamides is 1. The highest BCUT2D eigenvalue weighted by molar-refractivity contribution is 7.91. The van der Waals surface area contributed by atoms with Crippen molar-refractivity contribution in [3.63, 3.8) is 0 Å². The molecule has 1 aliphatic rings. The van der Waals surface area contributed by atoms with Gasteiger partial charge in [-0.1, -0.05) is 6.07 Å². The number of rotatable bonds is 5. The lowest BCUT2D eigenvalue weighted by atomic mass is 10.2. The van der Waals surface area contributed by atoms with Crippen LogP contribution in [0.2, 0.25) is 0 Å². The molecule has 9 heteroatoms. The van der Waals surface area contributed by atoms with Crippen molar-refractivity contribution in [1.29, 1.82) is 0 Å². The summed E-state index contributed by atoms with van der Waals surface area (Å²) in [5, 5.41) is 4.35. The van der Waals surface area contributed by atoms with E-state index in [2.05, 4.69) is 10.0 Å². The van der Waals surface area contributed by atoms with Gasteiger partial charge in [0.05, 0.1) is 0 Å². The van der Waals surface area contributed by atoms with Crippen molar-refractivity contribution in [2.75, 3.05) is 19.6 Å². The lowest BCUT2D eigenvalue weighted by molar-refractivity contribution is -0.142. The monoisotopic (exact) mass is 331 g/mol. The molecule has 0 aromatic carbocycles. The summed E-state index contributed by atoms with van der Waals surface area (Å²) < 4.78 is 26.4. The fourth-order valence-electron chi connectivity index (χ4n) is 2.05. The SMILES string of the molecule is CC1C(=O)NCCN1C(=O)CCNS(=O)(=O)c1cccs1. The number of hydrogen-bond donors (Lipinski definition) is 2. The number of carbonyl (C=O) groups excluding carboxylic acids is 2. The molecule has 0 spiro atoms. The Morgan fingerprint density at radius 2 is 2.33 bits per heavy atom. The van der Waals surface area contributed by atoms with Gasteiger partial charge < -0.3 is 10.2 Å². The minimum Gasteiger partial charge on any atom is -0.353 e. The van der Waals surface area contributed by atoms with Crippen molar-refractivity contribution in [1.82, 2.24) is 14.9 Å². The van der Waals surface area contributed by atoms with Gasteiger partial charge in [-0.25, -0.2) is 13.1 Å². The zero-order valence-electron chi connectivity index (χ0n) is 11.5. The van der Waals surface area contributed by atoms with Gasteiger partial charge in [-0.05, 0) is 18.4 Å². The van der Waals surface area contributed by atoms with Gasteiger partial charge in [0.25, 0.3) is 0 Å². The van der Waals surface area contributed by atoms with Crippen LogP contribution in [0.1, 0.15) is 13.3 Å². The van der Waals surface area contributed by atoms with E-state index in [0.717, 1.165) is 11.3 Å². The highest BCUT2D eigenvalue weighted by atomic mass is 32.2. The van der Waals surface area contributed by atoms with Crippen LogP contribution >= 0.6 is 11.3 Å². The third kappa shape index (κ3) is 3.80. The first-order valence-electron chi connectivity index (χ1n) is 6.52. The van der Waals surface area contributed by atoms with E-state index in [-0.39, 0.29) is 29.0 Å². The average molecular weight is 331 g/mol. The molecule has 7 nitrogen and oxygen atoms in total. The van der Waals surface area contributed by atoms with Crippen LogP contribution in [0.3, 0.4) is 0 Å². The minimum absolute atomic E-state index is 0.0178. The van der Waals surface area contributed by atoms with Gasteiger partial charge in [-0.15, -0.1) is 11.3 Å². The van der Waals surface area contributed by atoms with Crippen molar-refractivity contribution in [2.24, 2.45) is 0 Å². The van der Waals surface area contributed by atoms with Gasteiger partial charge in [-0.3, -0.25) is 9.59 Å². The molecule has 0 saturated carbocycles. The van der Waals surface area contributed by atoms with Gasteiger partial charge in [0.2, 0.25) is 21.8 Å². The molecule has 0 bridgehead atoms. The summed E-state index contributed by atoms with van der Waals surface area (Å²) >= 11 is 1.12. The largest absolute Gasteiger partial charge is 0.353 e. The second kappa shape index (κ2) is 6.54. The van der Waals surface area contributed by atoms with Crippen LogP contribution in [0.15, 0.2) is 21.7 Å². The van der Waals surface area contributed by atoms with E-state index < -0.39 is 16.1 Å². The fourth-order valence-corrected chi connectivity index (χ4v) is 4.12. The molecule has 1 aliphatic heterocycles. The Kier molecular flexibility index (Phi) is 4.96. The van der Waals surface area contributed by atoms with Crippen LogP contribution < -0.4 is 10.0 Å². The van der Waals surface area contributed by atoms with Crippen LogP contribution in [0.4, 0.5) is 0 Å². The third-order valence-corrected chi connectivity index (χ3v) is 6.07. The highest BCUT2D eigenvalue weighted by Gasteiger charge is 2.29. The first-order chi connectivity index (χ1) is 9.92. The molecule has 1 aromatic heterocycles.